The summed E-state index contributed by atoms with van der Waals surface area (Å²) < 4.78 is 19.6. The Morgan fingerprint density at radius 2 is 1.72 bits per heavy atom. The fourth-order valence-electron chi connectivity index (χ4n) is 6.47. The molecule has 3 atom stereocenters. The fraction of sp³-hybridized carbons (Fsp3) is 0.421. The molecule has 1 N–H and O–H groups in total. The lowest BCUT2D eigenvalue weighted by Crippen LogP contribution is -2.50. The SMILES string of the molecule is CN(Cc1ccccc1)C(=O)[C@@H]1CCCCOc2cccc(c2)C[C@H](N2CCCC2=O)C(=O)C[C@@H](CCc2ccc(F)cc2)C(=O)N1. The van der Waals surface area contributed by atoms with Gasteiger partial charge in [-0.1, -0.05) is 54.6 Å². The zero-order valence-electron chi connectivity index (χ0n) is 27.0. The minimum atomic E-state index is -0.785. The first-order valence-electron chi connectivity index (χ1n) is 16.6. The Bertz CT molecular complexity index is 1530. The molecule has 3 aromatic rings. The molecule has 3 aromatic carbocycles. The third-order valence-corrected chi connectivity index (χ3v) is 9.11. The Balaban J connectivity index is 1.42. The van der Waals surface area contributed by atoms with Gasteiger partial charge in [0.05, 0.1) is 12.6 Å². The molecule has 0 unspecified atom stereocenters. The van der Waals surface area contributed by atoms with Crippen LogP contribution in [0.4, 0.5) is 4.39 Å². The third-order valence-electron chi connectivity index (χ3n) is 9.11. The van der Waals surface area contributed by atoms with E-state index in [2.05, 4.69) is 5.32 Å². The van der Waals surface area contributed by atoms with Gasteiger partial charge < -0.3 is 19.9 Å². The first kappa shape index (κ1) is 33.8. The Kier molecular flexibility index (Phi) is 11.8. The Morgan fingerprint density at radius 3 is 2.47 bits per heavy atom. The lowest BCUT2D eigenvalue weighted by molar-refractivity contribution is -0.139. The average Bonchev–Trinajstić information content (AvgIpc) is 3.50. The average molecular weight is 642 g/mol. The molecule has 2 bridgehead atoms. The van der Waals surface area contributed by atoms with E-state index in [1.54, 1.807) is 29.0 Å². The van der Waals surface area contributed by atoms with Crippen molar-refractivity contribution in [3.63, 3.8) is 0 Å². The molecule has 9 heteroatoms. The van der Waals surface area contributed by atoms with Gasteiger partial charge in [-0.05, 0) is 79.5 Å². The molecule has 1 fully saturated rings. The Hall–Kier alpha value is -4.53. The molecule has 5 rings (SSSR count). The fourth-order valence-corrected chi connectivity index (χ4v) is 6.47. The number of carbonyl (C=O) groups excluding carboxylic acids is 4. The van der Waals surface area contributed by atoms with E-state index in [1.165, 1.54) is 12.1 Å². The lowest BCUT2D eigenvalue weighted by atomic mass is 9.89. The number of likely N-dealkylation sites (tertiary alicyclic amines) is 1. The topological polar surface area (TPSA) is 96.0 Å². The number of rotatable bonds is 7. The largest absolute Gasteiger partial charge is 0.494 e. The number of hydrogen-bond donors (Lipinski definition) is 1. The molecular formula is C38H44FN3O5. The highest BCUT2D eigenvalue weighted by Crippen LogP contribution is 2.25. The molecule has 0 aliphatic carbocycles. The zero-order chi connectivity index (χ0) is 33.2. The lowest BCUT2D eigenvalue weighted by Gasteiger charge is -2.30. The molecule has 0 spiro atoms. The number of nitrogens with one attached hydrogen (secondary N) is 1. The maximum Gasteiger partial charge on any atom is 0.245 e. The zero-order valence-corrected chi connectivity index (χ0v) is 27.0. The number of fused-ring (bicyclic) bond motifs is 2. The molecule has 2 heterocycles. The van der Waals surface area contributed by atoms with Gasteiger partial charge in [0.1, 0.15) is 17.6 Å². The standard InChI is InChI=1S/C38H44FN3O5/c1-41(26-28-9-3-2-4-10-28)38(46)33-13-5-6-22-47-32-12-7-11-29(23-32)24-34(42-21-8-14-36(42)44)35(43)25-30(37(45)40-33)18-15-27-16-19-31(39)20-17-27/h2-4,7,9-12,16-17,19-20,23,30,33-34H,5-6,8,13-15,18,21-22,24-26H2,1H3,(H,40,45)/t30-,33+,34+/m1/s1. The van der Waals surface area contributed by atoms with Crippen molar-refractivity contribution in [1.82, 2.24) is 15.1 Å². The maximum absolute atomic E-state index is 14.1. The van der Waals surface area contributed by atoms with E-state index in [4.69, 9.17) is 4.74 Å². The summed E-state index contributed by atoms with van der Waals surface area (Å²) in [7, 11) is 1.73. The molecule has 2 aliphatic heterocycles. The number of nitrogens with zero attached hydrogens (tertiary/aromatic N) is 2. The van der Waals surface area contributed by atoms with Crippen molar-refractivity contribution in [2.45, 2.75) is 76.4 Å². The molecule has 0 saturated carbocycles. The number of halogens is 1. The van der Waals surface area contributed by atoms with Gasteiger partial charge in [0, 0.05) is 45.3 Å². The van der Waals surface area contributed by atoms with Crippen molar-refractivity contribution in [2.75, 3.05) is 20.2 Å². The number of benzene rings is 3. The quantitative estimate of drug-likeness (QED) is 0.379. The van der Waals surface area contributed by atoms with Crippen molar-refractivity contribution in [2.24, 2.45) is 5.92 Å². The smallest absolute Gasteiger partial charge is 0.245 e. The summed E-state index contributed by atoms with van der Waals surface area (Å²) in [6.45, 7) is 1.32. The van der Waals surface area contributed by atoms with Crippen molar-refractivity contribution < 1.29 is 28.3 Å². The summed E-state index contributed by atoms with van der Waals surface area (Å²) in [6, 6.07) is 21.9. The van der Waals surface area contributed by atoms with Crippen LogP contribution in [-0.4, -0.2) is 65.6 Å². The number of likely N-dealkylation sites (N-methyl/N-ethyl adjacent to an activating group) is 1. The van der Waals surface area contributed by atoms with Crippen LogP contribution in [0.25, 0.3) is 0 Å². The van der Waals surface area contributed by atoms with E-state index in [-0.39, 0.29) is 35.7 Å². The summed E-state index contributed by atoms with van der Waals surface area (Å²) in [4.78, 5) is 58.2. The van der Waals surface area contributed by atoms with Crippen molar-refractivity contribution in [3.8, 4) is 5.75 Å². The maximum atomic E-state index is 14.1. The second kappa shape index (κ2) is 16.3. The van der Waals surface area contributed by atoms with E-state index in [0.717, 1.165) is 16.7 Å². The van der Waals surface area contributed by atoms with Gasteiger partial charge in [-0.2, -0.15) is 0 Å². The highest BCUT2D eigenvalue weighted by atomic mass is 19.1. The second-order valence-corrected chi connectivity index (χ2v) is 12.7. The van der Waals surface area contributed by atoms with Crippen LogP contribution in [0.15, 0.2) is 78.9 Å². The number of ether oxygens (including phenoxy) is 1. The number of carbonyl (C=O) groups is 4. The molecular weight excluding hydrogens is 597 g/mol. The molecule has 0 radical (unpaired) electrons. The minimum absolute atomic E-state index is 0.0652. The van der Waals surface area contributed by atoms with Crippen LogP contribution in [0.3, 0.4) is 0 Å². The van der Waals surface area contributed by atoms with E-state index < -0.39 is 18.0 Å². The molecule has 0 aromatic heterocycles. The summed E-state index contributed by atoms with van der Waals surface area (Å²) in [6.07, 6.45) is 3.83. The summed E-state index contributed by atoms with van der Waals surface area (Å²) in [5, 5.41) is 3.02. The van der Waals surface area contributed by atoms with Crippen LogP contribution in [0, 0.1) is 11.7 Å². The molecule has 8 nitrogen and oxygen atoms in total. The predicted octanol–water partition coefficient (Wildman–Crippen LogP) is 5.27. The molecule has 2 aliphatic rings. The Morgan fingerprint density at radius 1 is 0.936 bits per heavy atom. The third kappa shape index (κ3) is 9.50. The van der Waals surface area contributed by atoms with Gasteiger partial charge in [0.2, 0.25) is 17.7 Å². The Labute approximate surface area is 276 Å². The van der Waals surface area contributed by atoms with Crippen molar-refractivity contribution >= 4 is 23.5 Å². The second-order valence-electron chi connectivity index (χ2n) is 12.7. The van der Waals surface area contributed by atoms with E-state index >= 15 is 0 Å². The number of amides is 3. The van der Waals surface area contributed by atoms with Gasteiger partial charge in [-0.25, -0.2) is 4.39 Å². The van der Waals surface area contributed by atoms with Crippen LogP contribution in [0.2, 0.25) is 0 Å². The van der Waals surface area contributed by atoms with Crippen molar-refractivity contribution in [3.05, 3.63) is 101 Å². The van der Waals surface area contributed by atoms with E-state index in [1.807, 2.05) is 54.6 Å². The highest BCUT2D eigenvalue weighted by Gasteiger charge is 2.36. The normalized spacial score (nSPS) is 21.2. The van der Waals surface area contributed by atoms with Gasteiger partial charge in [-0.15, -0.1) is 0 Å². The van der Waals surface area contributed by atoms with Gasteiger partial charge in [-0.3, -0.25) is 19.2 Å². The molecule has 248 valence electrons. The van der Waals surface area contributed by atoms with Crippen LogP contribution in [-0.2, 0) is 38.6 Å². The number of ketones is 1. The minimum Gasteiger partial charge on any atom is -0.494 e. The highest BCUT2D eigenvalue weighted by molar-refractivity contribution is 5.94. The summed E-state index contributed by atoms with van der Waals surface area (Å²) >= 11 is 0. The van der Waals surface area contributed by atoms with Crippen molar-refractivity contribution in [1.29, 1.82) is 0 Å². The first-order valence-corrected chi connectivity index (χ1v) is 16.6. The van der Waals surface area contributed by atoms with Gasteiger partial charge in [0.25, 0.3) is 0 Å². The number of Topliss-reactive ketones (excluding diaryl/α,β-unsaturated/α-hetero) is 1. The summed E-state index contributed by atoms with van der Waals surface area (Å²) in [5.41, 5.74) is 2.70. The first-order chi connectivity index (χ1) is 22.8. The predicted molar refractivity (Wildman–Crippen MR) is 177 cm³/mol. The van der Waals surface area contributed by atoms with Crippen LogP contribution in [0.1, 0.15) is 61.6 Å². The molecule has 1 saturated heterocycles. The van der Waals surface area contributed by atoms with Gasteiger partial charge >= 0.3 is 0 Å². The van der Waals surface area contributed by atoms with Crippen LogP contribution >= 0.6 is 0 Å². The molecule has 3 amide bonds. The van der Waals surface area contributed by atoms with E-state index in [9.17, 15) is 23.6 Å². The monoisotopic (exact) mass is 641 g/mol. The number of aryl methyl sites for hydroxylation is 1. The molecule has 47 heavy (non-hydrogen) atoms. The summed E-state index contributed by atoms with van der Waals surface area (Å²) in [5.74, 6) is -1.24. The number of hydrogen-bond acceptors (Lipinski definition) is 5. The van der Waals surface area contributed by atoms with Crippen LogP contribution < -0.4 is 10.1 Å². The van der Waals surface area contributed by atoms with E-state index in [0.29, 0.717) is 76.8 Å². The van der Waals surface area contributed by atoms with Gasteiger partial charge in [0.15, 0.2) is 5.78 Å². The van der Waals surface area contributed by atoms with Crippen LogP contribution in [0.5, 0.6) is 5.75 Å².